The normalized spacial score (nSPS) is 24.8. The first-order chi connectivity index (χ1) is 17.1. The zero-order valence-electron chi connectivity index (χ0n) is 20.0. The Kier molecular flexibility index (Phi) is 6.98. The van der Waals surface area contributed by atoms with Crippen LogP contribution in [0, 0.1) is 5.92 Å². The van der Waals surface area contributed by atoms with Crippen molar-refractivity contribution in [1.82, 2.24) is 9.80 Å². The molecule has 9 heteroatoms. The van der Waals surface area contributed by atoms with E-state index in [1.807, 2.05) is 30.3 Å². The lowest BCUT2D eigenvalue weighted by Crippen LogP contribution is -2.56. The molecule has 1 aliphatic carbocycles. The van der Waals surface area contributed by atoms with Gasteiger partial charge in [0.15, 0.2) is 0 Å². The molecule has 5 rings (SSSR count). The summed E-state index contributed by atoms with van der Waals surface area (Å²) < 4.78 is 80.8. The van der Waals surface area contributed by atoms with Gasteiger partial charge in [-0.1, -0.05) is 30.3 Å². The van der Waals surface area contributed by atoms with Crippen LogP contribution in [0.2, 0.25) is 0 Å². The van der Waals surface area contributed by atoms with Crippen molar-refractivity contribution in [3.05, 3.63) is 65.2 Å². The van der Waals surface area contributed by atoms with Crippen molar-refractivity contribution in [3.63, 3.8) is 0 Å². The highest BCUT2D eigenvalue weighted by Gasteiger charge is 2.40. The van der Waals surface area contributed by atoms with Crippen LogP contribution in [0.1, 0.15) is 41.9 Å². The first kappa shape index (κ1) is 25.4. The van der Waals surface area contributed by atoms with Gasteiger partial charge >= 0.3 is 12.4 Å². The molecule has 0 spiro atoms. The van der Waals surface area contributed by atoms with E-state index in [0.717, 1.165) is 56.3 Å². The predicted octanol–water partition coefficient (Wildman–Crippen LogP) is 6.11. The van der Waals surface area contributed by atoms with Crippen LogP contribution < -0.4 is 4.90 Å². The molecule has 0 radical (unpaired) electrons. The van der Waals surface area contributed by atoms with E-state index in [4.69, 9.17) is 0 Å². The molecule has 3 aliphatic rings. The summed E-state index contributed by atoms with van der Waals surface area (Å²) in [6.07, 6.45) is -6.39. The minimum absolute atomic E-state index is 0.0150. The van der Waals surface area contributed by atoms with E-state index < -0.39 is 23.5 Å². The van der Waals surface area contributed by atoms with Crippen LogP contribution in [0.25, 0.3) is 0 Å². The number of rotatable bonds is 5. The molecular formula is C27H31F6N3. The van der Waals surface area contributed by atoms with E-state index in [9.17, 15) is 26.3 Å². The molecule has 2 aromatic carbocycles. The minimum Gasteiger partial charge on any atom is -0.371 e. The molecule has 2 saturated heterocycles. The SMILES string of the molecule is FC(F)(F)c1cc(N2CCC(N3CCN(CC4CC4)CC3)C(c3ccccc3)C2)cc(C(F)(F)F)c1. The van der Waals surface area contributed by atoms with E-state index in [1.54, 1.807) is 4.90 Å². The Balaban J connectivity index is 1.39. The summed E-state index contributed by atoms with van der Waals surface area (Å²) in [5.41, 5.74) is -1.49. The lowest BCUT2D eigenvalue weighted by Gasteiger charge is -2.47. The highest BCUT2D eigenvalue weighted by atomic mass is 19.4. The van der Waals surface area contributed by atoms with Crippen LogP contribution in [-0.4, -0.2) is 61.7 Å². The fourth-order valence-corrected chi connectivity index (χ4v) is 5.70. The number of anilines is 1. The fourth-order valence-electron chi connectivity index (χ4n) is 5.70. The maximum Gasteiger partial charge on any atom is 0.416 e. The first-order valence-electron chi connectivity index (χ1n) is 12.6. The molecule has 2 unspecified atom stereocenters. The molecule has 2 aliphatic heterocycles. The summed E-state index contributed by atoms with van der Waals surface area (Å²) in [4.78, 5) is 6.69. The van der Waals surface area contributed by atoms with Gasteiger partial charge in [-0.2, -0.15) is 26.3 Å². The zero-order chi connectivity index (χ0) is 25.5. The number of piperazine rings is 1. The first-order valence-corrected chi connectivity index (χ1v) is 12.6. The second-order valence-corrected chi connectivity index (χ2v) is 10.4. The van der Waals surface area contributed by atoms with Gasteiger partial charge in [0, 0.05) is 63.5 Å². The molecule has 0 aromatic heterocycles. The Bertz CT molecular complexity index is 994. The van der Waals surface area contributed by atoms with Crippen LogP contribution in [0.15, 0.2) is 48.5 Å². The van der Waals surface area contributed by atoms with Gasteiger partial charge in [-0.3, -0.25) is 4.90 Å². The van der Waals surface area contributed by atoms with E-state index in [-0.39, 0.29) is 23.7 Å². The van der Waals surface area contributed by atoms with Crippen molar-refractivity contribution in [2.45, 2.75) is 43.6 Å². The number of benzene rings is 2. The lowest BCUT2D eigenvalue weighted by atomic mass is 9.84. The third-order valence-electron chi connectivity index (χ3n) is 7.83. The molecule has 2 atom stereocenters. The van der Waals surface area contributed by atoms with Crippen LogP contribution in [0.3, 0.4) is 0 Å². The predicted molar refractivity (Wildman–Crippen MR) is 127 cm³/mol. The quantitative estimate of drug-likeness (QED) is 0.449. The smallest absolute Gasteiger partial charge is 0.371 e. The summed E-state index contributed by atoms with van der Waals surface area (Å²) in [7, 11) is 0. The zero-order valence-corrected chi connectivity index (χ0v) is 20.0. The van der Waals surface area contributed by atoms with E-state index in [2.05, 4.69) is 9.80 Å². The average molecular weight is 512 g/mol. The van der Waals surface area contributed by atoms with Crippen molar-refractivity contribution < 1.29 is 26.3 Å². The van der Waals surface area contributed by atoms with Crippen LogP contribution >= 0.6 is 0 Å². The number of nitrogens with zero attached hydrogens (tertiary/aromatic N) is 3. The van der Waals surface area contributed by atoms with Gasteiger partial charge < -0.3 is 9.80 Å². The molecule has 3 nitrogen and oxygen atoms in total. The number of alkyl halides is 6. The van der Waals surface area contributed by atoms with Gasteiger partial charge in [0.05, 0.1) is 11.1 Å². The number of hydrogen-bond acceptors (Lipinski definition) is 3. The number of piperidine rings is 1. The van der Waals surface area contributed by atoms with Gasteiger partial charge in [-0.15, -0.1) is 0 Å². The Morgan fingerprint density at radius 2 is 1.33 bits per heavy atom. The topological polar surface area (TPSA) is 9.72 Å². The molecule has 0 N–H and O–H groups in total. The molecule has 2 aromatic rings. The standard InChI is InChI=1S/C27H31F6N3/c28-26(29,30)21-14-22(27(31,32)33)16-23(15-21)36-9-8-25(24(18-36)20-4-2-1-3-5-20)35-12-10-34(11-13-35)17-19-6-7-19/h1-5,14-16,19,24-25H,6-13,17-18H2. The Morgan fingerprint density at radius 1 is 0.722 bits per heavy atom. The van der Waals surface area contributed by atoms with Crippen LogP contribution in [-0.2, 0) is 12.4 Å². The molecule has 196 valence electrons. The van der Waals surface area contributed by atoms with Crippen molar-refractivity contribution >= 4 is 5.69 Å². The third kappa shape index (κ3) is 5.83. The lowest BCUT2D eigenvalue weighted by molar-refractivity contribution is -0.143. The largest absolute Gasteiger partial charge is 0.416 e. The second kappa shape index (κ2) is 9.89. The highest BCUT2D eigenvalue weighted by Crippen LogP contribution is 2.41. The Hall–Kier alpha value is -2.26. The minimum atomic E-state index is -4.85. The Morgan fingerprint density at radius 3 is 1.89 bits per heavy atom. The Labute approximate surface area is 207 Å². The third-order valence-corrected chi connectivity index (χ3v) is 7.83. The van der Waals surface area contributed by atoms with Gasteiger partial charge in [-0.05, 0) is 48.9 Å². The van der Waals surface area contributed by atoms with Gasteiger partial charge in [-0.25, -0.2) is 0 Å². The molecule has 0 bridgehead atoms. The monoisotopic (exact) mass is 511 g/mol. The van der Waals surface area contributed by atoms with Crippen molar-refractivity contribution in [3.8, 4) is 0 Å². The fraction of sp³-hybridized carbons (Fsp3) is 0.556. The number of halogens is 6. The van der Waals surface area contributed by atoms with Crippen molar-refractivity contribution in [2.24, 2.45) is 5.92 Å². The summed E-state index contributed by atoms with van der Waals surface area (Å²) in [5, 5.41) is 0. The maximum atomic E-state index is 13.5. The van der Waals surface area contributed by atoms with Crippen molar-refractivity contribution in [2.75, 3.05) is 50.7 Å². The van der Waals surface area contributed by atoms with E-state index in [0.29, 0.717) is 19.5 Å². The molecule has 36 heavy (non-hydrogen) atoms. The maximum absolute atomic E-state index is 13.5. The van der Waals surface area contributed by atoms with Crippen LogP contribution in [0.5, 0.6) is 0 Å². The molecule has 0 amide bonds. The molecule has 1 saturated carbocycles. The molecule has 2 heterocycles. The van der Waals surface area contributed by atoms with E-state index in [1.165, 1.54) is 12.8 Å². The van der Waals surface area contributed by atoms with Crippen molar-refractivity contribution in [1.29, 1.82) is 0 Å². The van der Waals surface area contributed by atoms with Gasteiger partial charge in [0.1, 0.15) is 0 Å². The van der Waals surface area contributed by atoms with Crippen LogP contribution in [0.4, 0.5) is 32.0 Å². The summed E-state index contributed by atoms with van der Waals surface area (Å²) >= 11 is 0. The van der Waals surface area contributed by atoms with Gasteiger partial charge in [0.2, 0.25) is 0 Å². The molecule has 3 fully saturated rings. The van der Waals surface area contributed by atoms with E-state index >= 15 is 0 Å². The average Bonchev–Trinajstić information content (AvgIpc) is 3.67. The summed E-state index contributed by atoms with van der Waals surface area (Å²) in [5.74, 6) is 0.824. The summed E-state index contributed by atoms with van der Waals surface area (Å²) in [6, 6.07) is 11.9. The summed E-state index contributed by atoms with van der Waals surface area (Å²) in [6.45, 7) is 5.81. The number of hydrogen-bond donors (Lipinski definition) is 0. The van der Waals surface area contributed by atoms with Gasteiger partial charge in [0.25, 0.3) is 0 Å². The highest BCUT2D eigenvalue weighted by molar-refractivity contribution is 5.54. The second-order valence-electron chi connectivity index (χ2n) is 10.4. The molecular weight excluding hydrogens is 480 g/mol.